The van der Waals surface area contributed by atoms with Crippen LogP contribution < -0.4 is 0 Å². The summed E-state index contributed by atoms with van der Waals surface area (Å²) in [4.78, 5) is 16.7. The van der Waals surface area contributed by atoms with E-state index in [4.69, 9.17) is 0 Å². The van der Waals surface area contributed by atoms with Crippen LogP contribution in [0.4, 0.5) is 0 Å². The van der Waals surface area contributed by atoms with Gasteiger partial charge in [0.25, 0.3) is 5.91 Å². The third-order valence-electron chi connectivity index (χ3n) is 4.58. The van der Waals surface area contributed by atoms with Crippen LogP contribution in [-0.4, -0.2) is 67.3 Å². The van der Waals surface area contributed by atoms with Gasteiger partial charge in [0.2, 0.25) is 0 Å². The van der Waals surface area contributed by atoms with E-state index in [-0.39, 0.29) is 29.5 Å². The lowest BCUT2D eigenvalue weighted by atomic mass is 10.0. The van der Waals surface area contributed by atoms with E-state index in [2.05, 4.69) is 11.8 Å². The normalized spacial score (nSPS) is 27.6. The molecule has 0 aliphatic carbocycles. The predicted molar refractivity (Wildman–Crippen MR) is 85.6 cm³/mol. The van der Waals surface area contributed by atoms with Gasteiger partial charge >= 0.3 is 0 Å². The minimum atomic E-state index is -3.06. The molecular formula is C16H22N2O3S. The topological polar surface area (TPSA) is 57.7 Å². The van der Waals surface area contributed by atoms with Gasteiger partial charge in [0.1, 0.15) is 0 Å². The molecule has 5 nitrogen and oxygen atoms in total. The highest BCUT2D eigenvalue weighted by Crippen LogP contribution is 2.28. The number of nitrogens with zero attached hydrogens (tertiary/aromatic N) is 2. The fraction of sp³-hybridized carbons (Fsp3) is 0.562. The molecule has 2 saturated heterocycles. The number of hydrogen-bond donors (Lipinski definition) is 0. The van der Waals surface area contributed by atoms with Gasteiger partial charge in [-0.1, -0.05) is 25.1 Å². The van der Waals surface area contributed by atoms with Gasteiger partial charge in [-0.05, 0) is 25.1 Å². The zero-order chi connectivity index (χ0) is 15.7. The highest BCUT2D eigenvalue weighted by molar-refractivity contribution is 7.91. The average Bonchev–Trinajstić information content (AvgIpc) is 2.83. The maximum Gasteiger partial charge on any atom is 0.254 e. The Labute approximate surface area is 131 Å². The number of rotatable bonds is 3. The van der Waals surface area contributed by atoms with Crippen molar-refractivity contribution in [1.29, 1.82) is 0 Å². The van der Waals surface area contributed by atoms with Crippen molar-refractivity contribution in [1.82, 2.24) is 9.80 Å². The van der Waals surface area contributed by atoms with Gasteiger partial charge < -0.3 is 4.90 Å². The molecule has 120 valence electrons. The van der Waals surface area contributed by atoms with Crippen LogP contribution in [0.25, 0.3) is 0 Å². The van der Waals surface area contributed by atoms with Crippen molar-refractivity contribution < 1.29 is 13.2 Å². The van der Waals surface area contributed by atoms with E-state index in [9.17, 15) is 13.2 Å². The second-order valence-electron chi connectivity index (χ2n) is 6.11. The quantitative estimate of drug-likeness (QED) is 0.834. The maximum atomic E-state index is 12.7. The Kier molecular flexibility index (Phi) is 4.23. The van der Waals surface area contributed by atoms with Crippen molar-refractivity contribution in [3.63, 3.8) is 0 Å². The third kappa shape index (κ3) is 2.90. The van der Waals surface area contributed by atoms with Crippen LogP contribution in [0, 0.1) is 0 Å². The lowest BCUT2D eigenvalue weighted by Gasteiger charge is -2.43. The minimum absolute atomic E-state index is 0.0497. The summed E-state index contributed by atoms with van der Waals surface area (Å²) in [7, 11) is -3.06. The number of carbonyl (C=O) groups is 1. The van der Waals surface area contributed by atoms with Crippen LogP contribution in [0.2, 0.25) is 0 Å². The Balaban J connectivity index is 1.86. The Bertz CT molecular complexity index is 645. The second kappa shape index (κ2) is 6.01. The zero-order valence-electron chi connectivity index (χ0n) is 12.8. The van der Waals surface area contributed by atoms with Crippen LogP contribution in [0.5, 0.6) is 0 Å². The highest BCUT2D eigenvalue weighted by atomic mass is 32.2. The second-order valence-corrected chi connectivity index (χ2v) is 8.27. The van der Waals surface area contributed by atoms with E-state index in [0.29, 0.717) is 12.1 Å². The molecule has 1 aromatic carbocycles. The molecule has 0 aromatic heterocycles. The van der Waals surface area contributed by atoms with Gasteiger partial charge in [-0.3, -0.25) is 9.69 Å². The molecule has 2 aliphatic heterocycles. The van der Waals surface area contributed by atoms with E-state index in [1.807, 2.05) is 18.2 Å². The summed E-state index contributed by atoms with van der Waals surface area (Å²) in [6.45, 7) is 4.34. The molecule has 0 spiro atoms. The number of piperazine rings is 1. The zero-order valence-corrected chi connectivity index (χ0v) is 13.6. The third-order valence-corrected chi connectivity index (χ3v) is 6.28. The molecule has 0 N–H and O–H groups in total. The molecule has 6 heteroatoms. The van der Waals surface area contributed by atoms with Crippen molar-refractivity contribution in [3.05, 3.63) is 35.9 Å². The summed E-state index contributed by atoms with van der Waals surface area (Å²) in [6, 6.07) is 8.87. The standard InChI is InChI=1S/C16H22N2O3S/c1-2-8-17-9-10-18(15-12-22(20,21)11-14(15)17)16(19)13-6-4-3-5-7-13/h3-7,14-15H,2,8-12H2,1H3/t14-,15+/m1/s1. The van der Waals surface area contributed by atoms with E-state index in [0.717, 1.165) is 19.5 Å². The lowest BCUT2D eigenvalue weighted by Crippen LogP contribution is -2.60. The van der Waals surface area contributed by atoms with Gasteiger partial charge in [0.05, 0.1) is 17.5 Å². The summed E-state index contributed by atoms with van der Waals surface area (Å²) < 4.78 is 24.2. The Morgan fingerprint density at radius 2 is 1.82 bits per heavy atom. The van der Waals surface area contributed by atoms with Crippen molar-refractivity contribution in [2.24, 2.45) is 0 Å². The molecule has 2 fully saturated rings. The largest absolute Gasteiger partial charge is 0.332 e. The molecule has 2 aliphatic rings. The van der Waals surface area contributed by atoms with Crippen molar-refractivity contribution in [2.75, 3.05) is 31.1 Å². The highest BCUT2D eigenvalue weighted by Gasteiger charge is 2.47. The molecule has 2 atom stereocenters. The minimum Gasteiger partial charge on any atom is -0.332 e. The fourth-order valence-electron chi connectivity index (χ4n) is 3.59. The fourth-order valence-corrected chi connectivity index (χ4v) is 5.60. The smallest absolute Gasteiger partial charge is 0.254 e. The van der Waals surface area contributed by atoms with Gasteiger partial charge in [0.15, 0.2) is 9.84 Å². The molecule has 2 heterocycles. The first kappa shape index (κ1) is 15.5. The van der Waals surface area contributed by atoms with Crippen molar-refractivity contribution in [2.45, 2.75) is 25.4 Å². The van der Waals surface area contributed by atoms with Crippen LogP contribution in [0.3, 0.4) is 0 Å². The number of sulfone groups is 1. The van der Waals surface area contributed by atoms with Crippen LogP contribution in [-0.2, 0) is 9.84 Å². The van der Waals surface area contributed by atoms with Gasteiger partial charge in [0, 0.05) is 24.7 Å². The molecule has 1 amide bonds. The number of carbonyl (C=O) groups excluding carboxylic acids is 1. The van der Waals surface area contributed by atoms with Gasteiger partial charge in [-0.2, -0.15) is 0 Å². The predicted octanol–water partition coefficient (Wildman–Crippen LogP) is 1.02. The number of fused-ring (bicyclic) bond motifs is 1. The van der Waals surface area contributed by atoms with E-state index >= 15 is 0 Å². The van der Waals surface area contributed by atoms with E-state index < -0.39 is 9.84 Å². The molecule has 3 rings (SSSR count). The van der Waals surface area contributed by atoms with Crippen LogP contribution in [0.1, 0.15) is 23.7 Å². The van der Waals surface area contributed by atoms with E-state index in [1.165, 1.54) is 0 Å². The van der Waals surface area contributed by atoms with Crippen molar-refractivity contribution in [3.8, 4) is 0 Å². The average molecular weight is 322 g/mol. The molecule has 0 radical (unpaired) electrons. The molecule has 0 unspecified atom stereocenters. The summed E-state index contributed by atoms with van der Waals surface area (Å²) >= 11 is 0. The van der Waals surface area contributed by atoms with E-state index in [1.54, 1.807) is 17.0 Å². The number of benzene rings is 1. The first-order valence-electron chi connectivity index (χ1n) is 7.82. The Morgan fingerprint density at radius 1 is 1.14 bits per heavy atom. The monoisotopic (exact) mass is 322 g/mol. The number of hydrogen-bond acceptors (Lipinski definition) is 4. The molecule has 1 aromatic rings. The van der Waals surface area contributed by atoms with Gasteiger partial charge in [-0.15, -0.1) is 0 Å². The molecule has 0 bridgehead atoms. The summed E-state index contributed by atoms with van der Waals surface area (Å²) in [5.41, 5.74) is 0.634. The summed E-state index contributed by atoms with van der Waals surface area (Å²) in [5.74, 6) is 0.219. The molecule has 22 heavy (non-hydrogen) atoms. The SMILES string of the molecule is CCCN1CCN(C(=O)c2ccccc2)[C@H]2CS(=O)(=O)C[C@H]21. The van der Waals surface area contributed by atoms with Crippen molar-refractivity contribution >= 4 is 15.7 Å². The first-order valence-corrected chi connectivity index (χ1v) is 9.64. The van der Waals surface area contributed by atoms with Crippen LogP contribution >= 0.6 is 0 Å². The first-order chi connectivity index (χ1) is 10.5. The number of amides is 1. The maximum absolute atomic E-state index is 12.7. The molecular weight excluding hydrogens is 300 g/mol. The Morgan fingerprint density at radius 3 is 2.50 bits per heavy atom. The Hall–Kier alpha value is -1.40. The van der Waals surface area contributed by atoms with Crippen LogP contribution in [0.15, 0.2) is 30.3 Å². The molecule has 0 saturated carbocycles. The summed E-state index contributed by atoms with van der Waals surface area (Å²) in [6.07, 6.45) is 0.996. The summed E-state index contributed by atoms with van der Waals surface area (Å²) in [5, 5.41) is 0. The lowest BCUT2D eigenvalue weighted by molar-refractivity contribution is 0.0333. The van der Waals surface area contributed by atoms with Gasteiger partial charge in [-0.25, -0.2) is 8.42 Å².